The van der Waals surface area contributed by atoms with Gasteiger partial charge in [-0.25, -0.2) is 0 Å². The lowest BCUT2D eigenvalue weighted by Crippen LogP contribution is -1.99. The van der Waals surface area contributed by atoms with Crippen LogP contribution in [0.2, 0.25) is 20.1 Å². The van der Waals surface area contributed by atoms with Crippen molar-refractivity contribution in [2.24, 2.45) is 0 Å². The minimum Gasteiger partial charge on any atom is -0.399 e. The molecule has 188 valence electrons. The summed E-state index contributed by atoms with van der Waals surface area (Å²) in [6.07, 6.45) is 0. The summed E-state index contributed by atoms with van der Waals surface area (Å²) >= 11 is 26.2. The molecule has 0 aromatic heterocycles. The Hall–Kier alpha value is -3.21. The summed E-state index contributed by atoms with van der Waals surface area (Å²) in [6, 6.07) is 14.7. The minimum absolute atomic E-state index is 0.0556. The molecule has 4 aromatic rings. The van der Waals surface area contributed by atoms with Gasteiger partial charge in [-0.3, -0.25) is 20.2 Å². The van der Waals surface area contributed by atoms with Gasteiger partial charge in [-0.1, -0.05) is 70.3 Å². The number of halogens is 4. The lowest BCUT2D eigenvalue weighted by molar-refractivity contribution is -0.387. The number of rotatable bonds is 6. The average Bonchev–Trinajstić information content (AvgIpc) is 2.81. The molecule has 0 amide bonds. The van der Waals surface area contributed by atoms with Gasteiger partial charge in [0.25, 0.3) is 11.4 Å². The monoisotopic (exact) mass is 594 g/mol. The quantitative estimate of drug-likeness (QED) is 0.129. The van der Waals surface area contributed by atoms with E-state index in [2.05, 4.69) is 0 Å². The van der Waals surface area contributed by atoms with Crippen molar-refractivity contribution in [3.05, 3.63) is 101 Å². The van der Waals surface area contributed by atoms with E-state index in [1.165, 1.54) is 60.7 Å². The zero-order valence-electron chi connectivity index (χ0n) is 18.4. The van der Waals surface area contributed by atoms with Crippen LogP contribution in [0.25, 0.3) is 22.3 Å². The number of nitro benzene ring substituents is 2. The van der Waals surface area contributed by atoms with Crippen LogP contribution in [0.15, 0.2) is 70.5 Å². The van der Waals surface area contributed by atoms with E-state index in [0.717, 1.165) is 11.8 Å². The standard InChI is InChI=1S/C24H14Cl4N4O4S/c25-15-5-7-19(23(31(33)34)21(15)13-3-1-11(29)9-17(13)27)37-20-8-6-16(26)22(24(20)32(35)36)14-4-2-12(30)10-18(14)28/h1-10H,29-30H2. The third-order valence-electron chi connectivity index (χ3n) is 5.29. The van der Waals surface area contributed by atoms with Crippen LogP contribution in [0.5, 0.6) is 0 Å². The molecule has 0 spiro atoms. The zero-order valence-corrected chi connectivity index (χ0v) is 22.2. The molecule has 0 aliphatic carbocycles. The van der Waals surface area contributed by atoms with E-state index in [4.69, 9.17) is 57.9 Å². The van der Waals surface area contributed by atoms with Gasteiger partial charge in [0.2, 0.25) is 0 Å². The van der Waals surface area contributed by atoms with Crippen molar-refractivity contribution in [1.29, 1.82) is 0 Å². The van der Waals surface area contributed by atoms with Crippen LogP contribution in [0.1, 0.15) is 0 Å². The van der Waals surface area contributed by atoms with Crippen LogP contribution in [-0.2, 0) is 0 Å². The molecule has 0 saturated carbocycles. The number of nitrogens with zero attached hydrogens (tertiary/aromatic N) is 2. The summed E-state index contributed by atoms with van der Waals surface area (Å²) in [5.41, 5.74) is 12.2. The molecule has 0 saturated heterocycles. The van der Waals surface area contributed by atoms with Crippen LogP contribution in [0.4, 0.5) is 22.7 Å². The molecule has 0 aliphatic heterocycles. The van der Waals surface area contributed by atoms with E-state index in [9.17, 15) is 20.2 Å². The lowest BCUT2D eigenvalue weighted by Gasteiger charge is -2.14. The first-order valence-electron chi connectivity index (χ1n) is 10.2. The van der Waals surface area contributed by atoms with Gasteiger partial charge in [0.15, 0.2) is 0 Å². The third-order valence-corrected chi connectivity index (χ3v) is 7.64. The summed E-state index contributed by atoms with van der Waals surface area (Å²) in [5.74, 6) is 0. The van der Waals surface area contributed by atoms with Crippen molar-refractivity contribution in [1.82, 2.24) is 0 Å². The largest absolute Gasteiger partial charge is 0.399 e. The Morgan fingerprint density at radius 2 is 0.973 bits per heavy atom. The Morgan fingerprint density at radius 1 is 0.595 bits per heavy atom. The predicted octanol–water partition coefficient (Wildman–Crippen LogP) is 8.77. The van der Waals surface area contributed by atoms with Crippen molar-refractivity contribution < 1.29 is 9.85 Å². The lowest BCUT2D eigenvalue weighted by atomic mass is 10.0. The Morgan fingerprint density at radius 3 is 1.30 bits per heavy atom. The molecular formula is C24H14Cl4N4O4S. The normalized spacial score (nSPS) is 10.9. The minimum atomic E-state index is -0.615. The van der Waals surface area contributed by atoms with Crippen molar-refractivity contribution in [2.75, 3.05) is 11.5 Å². The van der Waals surface area contributed by atoms with E-state index < -0.39 is 9.85 Å². The second kappa shape index (κ2) is 10.6. The molecule has 8 nitrogen and oxygen atoms in total. The van der Waals surface area contributed by atoms with Crippen LogP contribution in [0.3, 0.4) is 0 Å². The summed E-state index contributed by atoms with van der Waals surface area (Å²) in [4.78, 5) is 23.5. The van der Waals surface area contributed by atoms with Gasteiger partial charge in [0.1, 0.15) is 0 Å². The van der Waals surface area contributed by atoms with Gasteiger partial charge in [-0.05, 0) is 48.5 Å². The zero-order chi connectivity index (χ0) is 27.0. The molecule has 0 heterocycles. The molecule has 4 rings (SSSR count). The fourth-order valence-corrected chi connectivity index (χ4v) is 5.85. The molecule has 13 heteroatoms. The number of nitrogens with two attached hydrogens (primary N) is 2. The molecule has 4 aromatic carbocycles. The predicted molar refractivity (Wildman–Crippen MR) is 150 cm³/mol. The number of hydrogen-bond acceptors (Lipinski definition) is 7. The van der Waals surface area contributed by atoms with E-state index in [0.29, 0.717) is 11.4 Å². The number of anilines is 2. The van der Waals surface area contributed by atoms with Crippen molar-refractivity contribution in [2.45, 2.75) is 9.79 Å². The molecule has 0 unspecified atom stereocenters. The summed E-state index contributed by atoms with van der Waals surface area (Å²) < 4.78 is 0. The topological polar surface area (TPSA) is 138 Å². The van der Waals surface area contributed by atoms with Crippen LogP contribution in [-0.4, -0.2) is 9.85 Å². The van der Waals surface area contributed by atoms with Gasteiger partial charge in [-0.15, -0.1) is 0 Å². The first-order chi connectivity index (χ1) is 17.5. The van der Waals surface area contributed by atoms with E-state index in [-0.39, 0.29) is 63.5 Å². The smallest absolute Gasteiger partial charge is 0.292 e. The van der Waals surface area contributed by atoms with Crippen molar-refractivity contribution in [3.8, 4) is 22.3 Å². The van der Waals surface area contributed by atoms with E-state index in [1.54, 1.807) is 0 Å². The van der Waals surface area contributed by atoms with Gasteiger partial charge in [0, 0.05) is 22.5 Å². The first-order valence-corrected chi connectivity index (χ1v) is 12.5. The maximum absolute atomic E-state index is 12.3. The fraction of sp³-hybridized carbons (Fsp3) is 0. The van der Waals surface area contributed by atoms with Gasteiger partial charge < -0.3 is 11.5 Å². The number of hydrogen-bond donors (Lipinski definition) is 2. The number of nitro groups is 2. The SMILES string of the molecule is Nc1ccc(-c2c(Cl)ccc(Sc3ccc(Cl)c(-c4ccc(N)cc4Cl)c3[N+](=O)[O-])c2[N+](=O)[O-])c(Cl)c1. The molecule has 0 atom stereocenters. The van der Waals surface area contributed by atoms with E-state index >= 15 is 0 Å². The fourth-order valence-electron chi connectivity index (χ4n) is 3.72. The van der Waals surface area contributed by atoms with E-state index in [1.807, 2.05) is 0 Å². The van der Waals surface area contributed by atoms with Crippen LogP contribution in [0, 0.1) is 20.2 Å². The average molecular weight is 596 g/mol. The third kappa shape index (κ3) is 5.27. The highest BCUT2D eigenvalue weighted by Crippen LogP contribution is 2.51. The molecule has 37 heavy (non-hydrogen) atoms. The Balaban J connectivity index is 1.95. The maximum atomic E-state index is 12.3. The molecule has 0 bridgehead atoms. The van der Waals surface area contributed by atoms with Crippen LogP contribution < -0.4 is 11.5 Å². The molecule has 0 radical (unpaired) electrons. The summed E-state index contributed by atoms with van der Waals surface area (Å²) in [7, 11) is 0. The first kappa shape index (κ1) is 26.8. The second-order valence-corrected chi connectivity index (χ2v) is 10.3. The molecule has 4 N–H and O–H groups in total. The molecule has 0 aliphatic rings. The Bertz CT molecular complexity index is 1480. The second-order valence-electron chi connectivity index (χ2n) is 7.63. The maximum Gasteiger partial charge on any atom is 0.292 e. The molecule has 0 fully saturated rings. The van der Waals surface area contributed by atoms with Gasteiger partial charge >= 0.3 is 0 Å². The van der Waals surface area contributed by atoms with Crippen molar-refractivity contribution in [3.63, 3.8) is 0 Å². The number of nitrogen functional groups attached to an aromatic ring is 2. The van der Waals surface area contributed by atoms with Crippen LogP contribution >= 0.6 is 58.2 Å². The summed E-state index contributed by atoms with van der Waals surface area (Å²) in [6.45, 7) is 0. The highest BCUT2D eigenvalue weighted by Gasteiger charge is 2.30. The van der Waals surface area contributed by atoms with Gasteiger partial charge in [0.05, 0.1) is 50.9 Å². The molecular weight excluding hydrogens is 582 g/mol. The van der Waals surface area contributed by atoms with Crippen molar-refractivity contribution >= 4 is 80.9 Å². The summed E-state index contributed by atoms with van der Waals surface area (Å²) in [5, 5.41) is 25.0. The highest BCUT2D eigenvalue weighted by molar-refractivity contribution is 7.99. The van der Waals surface area contributed by atoms with Gasteiger partial charge in [-0.2, -0.15) is 0 Å². The Labute approximate surface area is 234 Å². The highest BCUT2D eigenvalue weighted by atomic mass is 35.5. The number of benzene rings is 4. The Kier molecular flexibility index (Phi) is 7.72.